The lowest BCUT2D eigenvalue weighted by atomic mass is 10.3. The summed E-state index contributed by atoms with van der Waals surface area (Å²) in [5, 5.41) is 1.70. The van der Waals surface area contributed by atoms with Crippen LogP contribution in [0.5, 0.6) is 0 Å². The summed E-state index contributed by atoms with van der Waals surface area (Å²) in [6.07, 6.45) is 0. The summed E-state index contributed by atoms with van der Waals surface area (Å²) in [6.45, 7) is 3.05. The van der Waals surface area contributed by atoms with E-state index in [2.05, 4.69) is 11.8 Å². The molecule has 56 valence electrons. The second kappa shape index (κ2) is 3.82. The molecule has 0 fully saturated rings. The van der Waals surface area contributed by atoms with Crippen molar-refractivity contribution in [3.63, 3.8) is 0 Å². The van der Waals surface area contributed by atoms with Crippen molar-refractivity contribution in [1.82, 2.24) is 9.91 Å². The molecule has 0 spiro atoms. The van der Waals surface area contributed by atoms with Crippen LogP contribution in [0.2, 0.25) is 0 Å². The smallest absolute Gasteiger partial charge is 0.0278 e. The summed E-state index contributed by atoms with van der Waals surface area (Å²) in [4.78, 5) is 2.14. The van der Waals surface area contributed by atoms with E-state index in [0.29, 0.717) is 6.04 Å². The Labute approximate surface area is 57.4 Å². The molecule has 0 aromatic rings. The highest BCUT2D eigenvalue weighted by Gasteiger charge is 2.03. The van der Waals surface area contributed by atoms with E-state index in [1.165, 1.54) is 0 Å². The molecule has 1 atom stereocenters. The van der Waals surface area contributed by atoms with Crippen LogP contribution in [0.1, 0.15) is 6.92 Å². The molecule has 3 heteroatoms. The average molecular weight is 131 g/mol. The maximum Gasteiger partial charge on any atom is 0.0278 e. The molecule has 0 saturated heterocycles. The highest BCUT2D eigenvalue weighted by molar-refractivity contribution is 4.60. The summed E-state index contributed by atoms with van der Waals surface area (Å²) in [6, 6.07) is 0.528. The lowest BCUT2D eigenvalue weighted by Crippen LogP contribution is -2.39. The Balaban J connectivity index is 3.38. The molecule has 0 rings (SSSR count). The Bertz CT molecular complexity index is 70.7. The summed E-state index contributed by atoms with van der Waals surface area (Å²) in [5.41, 5.74) is 0. The van der Waals surface area contributed by atoms with Crippen LogP contribution < -0.4 is 5.84 Å². The minimum Gasteiger partial charge on any atom is -0.305 e. The van der Waals surface area contributed by atoms with E-state index >= 15 is 0 Å². The van der Waals surface area contributed by atoms with Crippen LogP contribution in [0.4, 0.5) is 0 Å². The Kier molecular flexibility index (Phi) is 3.77. The number of likely N-dealkylation sites (N-methyl/N-ethyl adjacent to an activating group) is 2. The zero-order valence-corrected chi connectivity index (χ0v) is 6.76. The van der Waals surface area contributed by atoms with Gasteiger partial charge in [0, 0.05) is 19.6 Å². The van der Waals surface area contributed by atoms with Crippen LogP contribution in [0, 0.1) is 0 Å². The number of hydrogen-bond acceptors (Lipinski definition) is 3. The number of nitrogens with zero attached hydrogens (tertiary/aromatic N) is 2. The fourth-order valence-electron chi connectivity index (χ4n) is 0.580. The molecule has 0 aliphatic carbocycles. The van der Waals surface area contributed by atoms with E-state index in [4.69, 9.17) is 5.84 Å². The highest BCUT2D eigenvalue weighted by Crippen LogP contribution is 1.90. The van der Waals surface area contributed by atoms with Crippen LogP contribution in [0.25, 0.3) is 0 Å². The number of nitrogens with two attached hydrogens (primary N) is 1. The van der Waals surface area contributed by atoms with Crippen LogP contribution in [-0.2, 0) is 0 Å². The monoisotopic (exact) mass is 131 g/mol. The molecule has 0 saturated carbocycles. The first-order valence-electron chi connectivity index (χ1n) is 3.16. The fourth-order valence-corrected chi connectivity index (χ4v) is 0.580. The van der Waals surface area contributed by atoms with Crippen molar-refractivity contribution in [2.45, 2.75) is 13.0 Å². The molecule has 2 N–H and O–H groups in total. The standard InChI is InChI=1S/C6H17N3/c1-6(8(2)3)5-9(4)7/h6H,5,7H2,1-4H3. The van der Waals surface area contributed by atoms with Crippen LogP contribution in [0.3, 0.4) is 0 Å². The maximum atomic E-state index is 5.44. The van der Waals surface area contributed by atoms with Gasteiger partial charge < -0.3 is 4.90 Å². The molecular weight excluding hydrogens is 114 g/mol. The Morgan fingerprint density at radius 1 is 1.33 bits per heavy atom. The molecule has 0 aromatic carbocycles. The van der Waals surface area contributed by atoms with Gasteiger partial charge in [-0.3, -0.25) is 5.84 Å². The fraction of sp³-hybridized carbons (Fsp3) is 1.00. The van der Waals surface area contributed by atoms with E-state index in [-0.39, 0.29) is 0 Å². The predicted molar refractivity (Wildman–Crippen MR) is 40.0 cm³/mol. The number of hydrogen-bond donors (Lipinski definition) is 1. The first-order valence-corrected chi connectivity index (χ1v) is 3.16. The maximum absolute atomic E-state index is 5.44. The summed E-state index contributed by atoms with van der Waals surface area (Å²) >= 11 is 0. The van der Waals surface area contributed by atoms with E-state index in [9.17, 15) is 0 Å². The van der Waals surface area contributed by atoms with Crippen molar-refractivity contribution in [3.8, 4) is 0 Å². The van der Waals surface area contributed by atoms with Gasteiger partial charge in [-0.25, -0.2) is 5.01 Å². The van der Waals surface area contributed by atoms with Gasteiger partial charge in [-0.1, -0.05) is 0 Å². The van der Waals surface area contributed by atoms with Gasteiger partial charge in [-0.15, -0.1) is 0 Å². The van der Waals surface area contributed by atoms with Crippen molar-refractivity contribution in [2.24, 2.45) is 5.84 Å². The van der Waals surface area contributed by atoms with E-state index in [0.717, 1.165) is 6.54 Å². The van der Waals surface area contributed by atoms with Crippen LogP contribution in [0.15, 0.2) is 0 Å². The Morgan fingerprint density at radius 3 is 1.89 bits per heavy atom. The largest absolute Gasteiger partial charge is 0.305 e. The molecular formula is C6H17N3. The third-order valence-electron chi connectivity index (χ3n) is 1.43. The van der Waals surface area contributed by atoms with Crippen LogP contribution in [-0.4, -0.2) is 43.6 Å². The molecule has 0 amide bonds. The van der Waals surface area contributed by atoms with Crippen LogP contribution >= 0.6 is 0 Å². The van der Waals surface area contributed by atoms with Gasteiger partial charge in [-0.2, -0.15) is 0 Å². The van der Waals surface area contributed by atoms with Gasteiger partial charge >= 0.3 is 0 Å². The first-order chi connectivity index (χ1) is 4.04. The average Bonchev–Trinajstić information content (AvgIpc) is 1.63. The second-order valence-electron chi connectivity index (χ2n) is 2.75. The molecule has 0 aromatic heterocycles. The van der Waals surface area contributed by atoms with Crippen molar-refractivity contribution >= 4 is 0 Å². The van der Waals surface area contributed by atoms with E-state index in [1.54, 1.807) is 5.01 Å². The minimum absolute atomic E-state index is 0.528. The van der Waals surface area contributed by atoms with Crippen molar-refractivity contribution in [3.05, 3.63) is 0 Å². The quantitative estimate of drug-likeness (QED) is 0.423. The molecule has 9 heavy (non-hydrogen) atoms. The molecule has 0 aliphatic rings. The molecule has 0 bridgehead atoms. The first kappa shape index (κ1) is 8.88. The Morgan fingerprint density at radius 2 is 1.78 bits per heavy atom. The van der Waals surface area contributed by atoms with E-state index in [1.807, 2.05) is 21.1 Å². The topological polar surface area (TPSA) is 32.5 Å². The summed E-state index contributed by atoms with van der Waals surface area (Å²) < 4.78 is 0. The minimum atomic E-state index is 0.528. The van der Waals surface area contributed by atoms with Crippen molar-refractivity contribution in [2.75, 3.05) is 27.7 Å². The molecule has 0 aliphatic heterocycles. The molecule has 3 nitrogen and oxygen atoms in total. The normalized spacial score (nSPS) is 15.0. The summed E-state index contributed by atoms with van der Waals surface area (Å²) in [5.74, 6) is 5.44. The van der Waals surface area contributed by atoms with Gasteiger partial charge in [0.05, 0.1) is 0 Å². The molecule has 1 unspecified atom stereocenters. The van der Waals surface area contributed by atoms with Gasteiger partial charge in [-0.05, 0) is 21.0 Å². The second-order valence-corrected chi connectivity index (χ2v) is 2.75. The Hall–Kier alpha value is -0.120. The van der Waals surface area contributed by atoms with Gasteiger partial charge in [0.2, 0.25) is 0 Å². The SMILES string of the molecule is CC(CN(C)N)N(C)C. The molecule has 0 heterocycles. The third-order valence-corrected chi connectivity index (χ3v) is 1.43. The van der Waals surface area contributed by atoms with Gasteiger partial charge in [0.25, 0.3) is 0 Å². The third kappa shape index (κ3) is 4.39. The zero-order chi connectivity index (χ0) is 7.44. The predicted octanol–water partition coefficient (Wildman–Crippen LogP) is -0.258. The lowest BCUT2D eigenvalue weighted by molar-refractivity contribution is 0.223. The van der Waals surface area contributed by atoms with Crippen molar-refractivity contribution in [1.29, 1.82) is 0 Å². The van der Waals surface area contributed by atoms with Crippen molar-refractivity contribution < 1.29 is 0 Å². The number of rotatable bonds is 3. The molecule has 0 radical (unpaired) electrons. The lowest BCUT2D eigenvalue weighted by Gasteiger charge is -2.22. The highest BCUT2D eigenvalue weighted by atomic mass is 15.4. The summed E-state index contributed by atoms with van der Waals surface area (Å²) in [7, 11) is 5.97. The van der Waals surface area contributed by atoms with Gasteiger partial charge in [0.1, 0.15) is 0 Å². The number of hydrazine groups is 1. The van der Waals surface area contributed by atoms with E-state index < -0.39 is 0 Å². The zero-order valence-electron chi connectivity index (χ0n) is 6.76. The van der Waals surface area contributed by atoms with Gasteiger partial charge in [0.15, 0.2) is 0 Å².